The van der Waals surface area contributed by atoms with Gasteiger partial charge in [0.25, 0.3) is 0 Å². The number of benzene rings is 1. The molecule has 7 heteroatoms. The molecule has 3 saturated carbocycles. The van der Waals surface area contributed by atoms with Crippen molar-refractivity contribution in [1.29, 1.82) is 0 Å². The Morgan fingerprint density at radius 1 is 0.588 bits per heavy atom. The molecule has 0 bridgehead atoms. The van der Waals surface area contributed by atoms with Crippen LogP contribution in [0.3, 0.4) is 0 Å². The van der Waals surface area contributed by atoms with Gasteiger partial charge in [-0.25, -0.2) is 0 Å². The monoisotopic (exact) mass is 595 g/mol. The van der Waals surface area contributed by atoms with E-state index in [4.69, 9.17) is 0 Å². The Kier molecular flexibility index (Phi) is 11.1. The summed E-state index contributed by atoms with van der Waals surface area (Å²) in [4.78, 5) is 0. The predicted octanol–water partition coefficient (Wildman–Crippen LogP) is 8.47. The molecule has 0 heterocycles. The molecule has 0 saturated heterocycles. The molecule has 0 spiro atoms. The predicted molar refractivity (Wildman–Crippen MR) is 130 cm³/mol. The van der Waals surface area contributed by atoms with Crippen molar-refractivity contribution >= 4 is 11.3 Å². The fraction of sp³-hybridized carbons (Fsp3) is 0.704. The summed E-state index contributed by atoms with van der Waals surface area (Å²) in [6.07, 6.45) is 27.2. The molecule has 0 atom stereocenters. The van der Waals surface area contributed by atoms with E-state index in [2.05, 4.69) is 12.7 Å². The Balaban J connectivity index is 0.000000229. The molecule has 3 fully saturated rings. The van der Waals surface area contributed by atoms with Crippen LogP contribution in [0.1, 0.15) is 96.3 Å². The first kappa shape index (κ1) is 28.3. The number of rotatable bonds is 5. The van der Waals surface area contributed by atoms with Crippen molar-refractivity contribution in [1.82, 2.24) is 0 Å². The van der Waals surface area contributed by atoms with Crippen molar-refractivity contribution < 1.29 is 41.2 Å². The van der Waals surface area contributed by atoms with Gasteiger partial charge >= 0.3 is 214 Å². The molecule has 1 aromatic rings. The minimum absolute atomic E-state index is 1.02. The molecule has 0 amide bonds. The van der Waals surface area contributed by atoms with E-state index in [1.54, 1.807) is 38.5 Å². The van der Waals surface area contributed by atoms with Crippen LogP contribution in [-0.4, -0.2) is 23.1 Å². The average Bonchev–Trinajstić information content (AvgIpc) is 2.90. The van der Waals surface area contributed by atoms with E-state index in [0.717, 1.165) is 17.0 Å². The second-order valence-electron chi connectivity index (χ2n) is 10.5. The average molecular weight is 596 g/mol. The molecule has 1 aromatic carbocycles. The third-order valence-corrected chi connectivity index (χ3v) is 16.7. The van der Waals surface area contributed by atoms with Gasteiger partial charge in [0.1, 0.15) is 0 Å². The van der Waals surface area contributed by atoms with Crippen LogP contribution in [0.4, 0.5) is 22.0 Å². The molecule has 0 radical (unpaired) electrons. The van der Waals surface area contributed by atoms with E-state index >= 15 is 0 Å². The molecule has 0 nitrogen and oxygen atoms in total. The third-order valence-electron chi connectivity index (χ3n) is 8.72. The van der Waals surface area contributed by atoms with Gasteiger partial charge < -0.3 is 0 Å². The van der Waals surface area contributed by atoms with Crippen LogP contribution in [0.5, 0.6) is 0 Å². The SMILES string of the molecule is C=CC[PH](C1CCCCC1)(C1CCCCC1)C1CCCCC1.Fc1c(F)c(F)[c]([Pd])c(F)c1F. The van der Waals surface area contributed by atoms with E-state index in [1.165, 1.54) is 63.9 Å². The van der Waals surface area contributed by atoms with Gasteiger partial charge in [0.2, 0.25) is 0 Å². The quantitative estimate of drug-likeness (QED) is 0.0800. The van der Waals surface area contributed by atoms with Gasteiger partial charge in [-0.2, -0.15) is 0 Å². The molecule has 0 aliphatic heterocycles. The Morgan fingerprint density at radius 2 is 0.882 bits per heavy atom. The van der Waals surface area contributed by atoms with Gasteiger partial charge in [0.05, 0.1) is 0 Å². The first-order valence-corrected chi connectivity index (χ1v) is 16.3. The maximum atomic E-state index is 12.4. The Labute approximate surface area is 213 Å². The van der Waals surface area contributed by atoms with Gasteiger partial charge in [-0.15, -0.1) is 0 Å². The van der Waals surface area contributed by atoms with Crippen LogP contribution in [-0.2, 0) is 19.2 Å². The normalized spacial score (nSPS) is 21.6. The summed E-state index contributed by atoms with van der Waals surface area (Å²) in [7, 11) is -1.21. The van der Waals surface area contributed by atoms with Crippen LogP contribution in [0.15, 0.2) is 12.7 Å². The first-order valence-electron chi connectivity index (χ1n) is 13.1. The molecule has 4 rings (SSSR count). The van der Waals surface area contributed by atoms with Gasteiger partial charge in [0.15, 0.2) is 0 Å². The Hall–Kier alpha value is -0.298. The minimum atomic E-state index is -2.15. The maximum absolute atomic E-state index is 12.4. The number of hydrogen-bond donors (Lipinski definition) is 0. The van der Waals surface area contributed by atoms with E-state index in [9.17, 15) is 22.0 Å². The molecule has 3 aliphatic carbocycles. The van der Waals surface area contributed by atoms with Crippen LogP contribution < -0.4 is 4.04 Å². The number of allylic oxidation sites excluding steroid dienone is 1. The van der Waals surface area contributed by atoms with Gasteiger partial charge in [-0.1, -0.05) is 0 Å². The van der Waals surface area contributed by atoms with Crippen LogP contribution >= 0.6 is 7.26 Å². The first-order chi connectivity index (χ1) is 16.3. The standard InChI is InChI=1S/C21H39P.C6F5.Pd/c1-2-18-22(19-12-6-3-7-13-19,20-14-8-4-9-15-20)21-16-10-5-11-17-21;7-2-1-3(8)5(10)6(11)4(2)9;/h2,19-22H,1,3-18H2;;. The van der Waals surface area contributed by atoms with Crippen molar-refractivity contribution in [3.63, 3.8) is 0 Å². The van der Waals surface area contributed by atoms with Gasteiger partial charge in [-0.3, -0.25) is 0 Å². The summed E-state index contributed by atoms with van der Waals surface area (Å²) < 4.78 is 60.4. The van der Waals surface area contributed by atoms with Crippen LogP contribution in [0.2, 0.25) is 0 Å². The fourth-order valence-corrected chi connectivity index (χ4v) is 15.5. The van der Waals surface area contributed by atoms with Gasteiger partial charge in [0, 0.05) is 0 Å². The molecule has 197 valence electrons. The summed E-state index contributed by atoms with van der Waals surface area (Å²) in [5, 5.41) is 0. The zero-order valence-corrected chi connectivity index (χ0v) is 22.6. The van der Waals surface area contributed by atoms with E-state index in [1.807, 2.05) is 19.2 Å². The molecule has 0 aromatic heterocycles. The Bertz CT molecular complexity index is 661. The summed E-state index contributed by atoms with van der Waals surface area (Å²) >= 11 is 1.94. The molecular formula is C27H39F5PPd. The van der Waals surface area contributed by atoms with Crippen molar-refractivity contribution in [2.75, 3.05) is 6.16 Å². The summed E-state index contributed by atoms with van der Waals surface area (Å²) in [5.41, 5.74) is 3.47. The van der Waals surface area contributed by atoms with Crippen molar-refractivity contribution in [2.45, 2.75) is 113 Å². The Morgan fingerprint density at radius 3 is 1.18 bits per heavy atom. The van der Waals surface area contributed by atoms with Gasteiger partial charge in [-0.05, 0) is 0 Å². The zero-order chi connectivity index (χ0) is 24.7. The zero-order valence-electron chi connectivity index (χ0n) is 20.0. The second-order valence-corrected chi connectivity index (χ2v) is 16.3. The third kappa shape index (κ3) is 6.15. The molecule has 0 N–H and O–H groups in total. The molecule has 0 unspecified atom stereocenters. The topological polar surface area (TPSA) is 0 Å². The van der Waals surface area contributed by atoms with Crippen LogP contribution in [0.25, 0.3) is 0 Å². The second kappa shape index (κ2) is 13.3. The van der Waals surface area contributed by atoms with E-state index in [0.29, 0.717) is 0 Å². The van der Waals surface area contributed by atoms with Crippen molar-refractivity contribution in [2.24, 2.45) is 0 Å². The van der Waals surface area contributed by atoms with E-state index < -0.39 is 40.4 Å². The molecular weight excluding hydrogens is 557 g/mol. The van der Waals surface area contributed by atoms with E-state index in [-0.39, 0.29) is 0 Å². The fourth-order valence-electron chi connectivity index (χ4n) is 7.23. The van der Waals surface area contributed by atoms with Crippen LogP contribution in [0, 0.1) is 29.1 Å². The molecule has 3 aliphatic rings. The summed E-state index contributed by atoms with van der Waals surface area (Å²) in [6.45, 7) is 4.26. The van der Waals surface area contributed by atoms with Crippen molar-refractivity contribution in [3.05, 3.63) is 41.7 Å². The number of hydrogen-bond acceptors (Lipinski definition) is 0. The van der Waals surface area contributed by atoms with Crippen molar-refractivity contribution in [3.8, 4) is 0 Å². The summed E-state index contributed by atoms with van der Waals surface area (Å²) in [5.74, 6) is -9.75. The number of halogens is 5. The summed E-state index contributed by atoms with van der Waals surface area (Å²) in [6, 6.07) is 0. The molecule has 34 heavy (non-hydrogen) atoms.